The summed E-state index contributed by atoms with van der Waals surface area (Å²) < 4.78 is 12.9. The van der Waals surface area contributed by atoms with Gasteiger partial charge in [-0.05, 0) is 31.2 Å². The van der Waals surface area contributed by atoms with Gasteiger partial charge in [0.25, 0.3) is 0 Å². The number of benzene rings is 1. The molecule has 0 fully saturated rings. The molecule has 0 saturated carbocycles. The van der Waals surface area contributed by atoms with Gasteiger partial charge in [-0.25, -0.2) is 19.1 Å². The summed E-state index contributed by atoms with van der Waals surface area (Å²) in [6, 6.07) is 8.37. The first-order valence-electron chi connectivity index (χ1n) is 7.72. The van der Waals surface area contributed by atoms with Crippen molar-refractivity contribution < 1.29 is 13.9 Å². The number of rotatable bonds is 3. The fourth-order valence-electron chi connectivity index (χ4n) is 2.77. The van der Waals surface area contributed by atoms with E-state index in [1.165, 1.54) is 10.6 Å². The zero-order valence-electron chi connectivity index (χ0n) is 13.6. The van der Waals surface area contributed by atoms with E-state index in [0.717, 1.165) is 4.47 Å². The van der Waals surface area contributed by atoms with Gasteiger partial charge in [0.2, 0.25) is 0 Å². The molecule has 4 aromatic rings. The Kier molecular flexibility index (Phi) is 4.04. The van der Waals surface area contributed by atoms with Gasteiger partial charge in [-0.3, -0.25) is 0 Å². The second kappa shape index (κ2) is 6.38. The lowest BCUT2D eigenvalue weighted by molar-refractivity contribution is 0.0475. The summed E-state index contributed by atoms with van der Waals surface area (Å²) in [6.45, 7) is 1.65. The van der Waals surface area contributed by atoms with Crippen molar-refractivity contribution in [1.82, 2.24) is 14.6 Å². The van der Waals surface area contributed by atoms with E-state index in [9.17, 15) is 9.59 Å². The van der Waals surface area contributed by atoms with Crippen molar-refractivity contribution in [3.05, 3.63) is 74.4 Å². The molecule has 1 aromatic carbocycles. The number of nitrogens with zero attached hydrogens (tertiary/aromatic N) is 3. The minimum Gasteiger partial charge on any atom is -0.457 e. The van der Waals surface area contributed by atoms with Crippen molar-refractivity contribution in [1.29, 1.82) is 0 Å². The second-order valence-corrected chi connectivity index (χ2v) is 6.57. The molecule has 26 heavy (non-hydrogen) atoms. The molecule has 0 N–H and O–H groups in total. The number of aromatic nitrogens is 3. The summed E-state index contributed by atoms with van der Waals surface area (Å²) in [5.74, 6) is -0.547. The highest BCUT2D eigenvalue weighted by Crippen LogP contribution is 2.23. The first-order valence-corrected chi connectivity index (χ1v) is 8.51. The molecule has 0 saturated heterocycles. The Morgan fingerprint density at radius 3 is 3.04 bits per heavy atom. The SMILES string of the molecule is Cc1nn2cccnc2c1C(=O)OCc1cc(=O)oc2cc(Br)ccc12. The lowest BCUT2D eigenvalue weighted by atomic mass is 10.1. The summed E-state index contributed by atoms with van der Waals surface area (Å²) in [5.41, 5.74) is 1.74. The molecule has 0 amide bonds. The van der Waals surface area contributed by atoms with E-state index in [0.29, 0.717) is 33.4 Å². The third-order valence-corrected chi connectivity index (χ3v) is 4.42. The molecule has 130 valence electrons. The molecule has 0 bridgehead atoms. The molecule has 0 aliphatic heterocycles. The predicted molar refractivity (Wildman–Crippen MR) is 97.0 cm³/mol. The van der Waals surface area contributed by atoms with Crippen LogP contribution in [0, 0.1) is 6.92 Å². The average Bonchev–Trinajstić information content (AvgIpc) is 2.94. The van der Waals surface area contributed by atoms with Crippen LogP contribution in [-0.2, 0) is 11.3 Å². The number of hydrogen-bond acceptors (Lipinski definition) is 6. The molecule has 0 atom stereocenters. The Bertz CT molecular complexity index is 1210. The maximum Gasteiger partial charge on any atom is 0.344 e. The largest absolute Gasteiger partial charge is 0.457 e. The van der Waals surface area contributed by atoms with E-state index < -0.39 is 11.6 Å². The number of ether oxygens (including phenoxy) is 1. The van der Waals surface area contributed by atoms with Crippen LogP contribution in [0.3, 0.4) is 0 Å². The standard InChI is InChI=1S/C18H12BrN3O4/c1-10-16(17-20-5-2-6-22(17)21-10)18(24)25-9-11-7-15(23)26-14-8-12(19)3-4-13(11)14/h2-8H,9H2,1H3. The molecule has 3 aromatic heterocycles. The minimum absolute atomic E-state index is 0.0633. The molecular weight excluding hydrogens is 402 g/mol. The van der Waals surface area contributed by atoms with Crippen LogP contribution >= 0.6 is 15.9 Å². The van der Waals surface area contributed by atoms with Crippen LogP contribution in [-0.4, -0.2) is 20.6 Å². The van der Waals surface area contributed by atoms with E-state index in [-0.39, 0.29) is 6.61 Å². The van der Waals surface area contributed by atoms with E-state index >= 15 is 0 Å². The maximum atomic E-state index is 12.6. The molecule has 3 heterocycles. The van der Waals surface area contributed by atoms with Crippen molar-refractivity contribution >= 4 is 38.5 Å². The Morgan fingerprint density at radius 1 is 1.35 bits per heavy atom. The second-order valence-electron chi connectivity index (χ2n) is 5.66. The summed E-state index contributed by atoms with van der Waals surface area (Å²) >= 11 is 3.34. The van der Waals surface area contributed by atoms with Crippen LogP contribution in [0.4, 0.5) is 0 Å². The van der Waals surface area contributed by atoms with Crippen molar-refractivity contribution in [2.24, 2.45) is 0 Å². The first-order chi connectivity index (χ1) is 12.5. The lowest BCUT2D eigenvalue weighted by Crippen LogP contribution is -2.09. The zero-order valence-corrected chi connectivity index (χ0v) is 15.2. The summed E-state index contributed by atoms with van der Waals surface area (Å²) in [4.78, 5) is 28.5. The van der Waals surface area contributed by atoms with Crippen molar-refractivity contribution in [3.63, 3.8) is 0 Å². The van der Waals surface area contributed by atoms with E-state index in [1.54, 1.807) is 37.5 Å². The predicted octanol–water partition coefficient (Wildman–Crippen LogP) is 3.26. The highest BCUT2D eigenvalue weighted by atomic mass is 79.9. The normalized spacial score (nSPS) is 11.2. The highest BCUT2D eigenvalue weighted by molar-refractivity contribution is 9.10. The number of carbonyl (C=O) groups excluding carboxylic acids is 1. The molecule has 4 rings (SSSR count). The zero-order chi connectivity index (χ0) is 18.3. The molecule has 0 aliphatic carbocycles. The van der Waals surface area contributed by atoms with Gasteiger partial charge in [0.05, 0.1) is 5.69 Å². The molecule has 8 heteroatoms. The minimum atomic E-state index is -0.547. The van der Waals surface area contributed by atoms with Gasteiger partial charge >= 0.3 is 11.6 Å². The van der Waals surface area contributed by atoms with Crippen LogP contribution in [0.2, 0.25) is 0 Å². The van der Waals surface area contributed by atoms with Gasteiger partial charge in [0.15, 0.2) is 5.65 Å². The summed E-state index contributed by atoms with van der Waals surface area (Å²) in [5, 5.41) is 4.95. The first kappa shape index (κ1) is 16.5. The number of carbonyl (C=O) groups is 1. The van der Waals surface area contributed by atoms with Gasteiger partial charge in [0.1, 0.15) is 17.8 Å². The fourth-order valence-corrected chi connectivity index (χ4v) is 3.11. The third-order valence-electron chi connectivity index (χ3n) is 3.93. The Balaban J connectivity index is 1.67. The number of esters is 1. The molecule has 0 aliphatic rings. The van der Waals surface area contributed by atoms with Crippen molar-refractivity contribution in [2.45, 2.75) is 13.5 Å². The molecule has 0 radical (unpaired) electrons. The Morgan fingerprint density at radius 2 is 2.19 bits per heavy atom. The van der Waals surface area contributed by atoms with Gasteiger partial charge in [-0.2, -0.15) is 5.10 Å². The maximum absolute atomic E-state index is 12.6. The van der Waals surface area contributed by atoms with Crippen LogP contribution < -0.4 is 5.63 Å². The topological polar surface area (TPSA) is 86.7 Å². The number of aryl methyl sites for hydroxylation is 1. The van der Waals surface area contributed by atoms with E-state index in [4.69, 9.17) is 9.15 Å². The Labute approximate surface area is 155 Å². The number of fused-ring (bicyclic) bond motifs is 2. The van der Waals surface area contributed by atoms with Crippen LogP contribution in [0.1, 0.15) is 21.6 Å². The summed E-state index contributed by atoms with van der Waals surface area (Å²) in [6.07, 6.45) is 3.29. The van der Waals surface area contributed by atoms with Crippen molar-refractivity contribution in [3.8, 4) is 0 Å². The van der Waals surface area contributed by atoms with Gasteiger partial charge < -0.3 is 9.15 Å². The lowest BCUT2D eigenvalue weighted by Gasteiger charge is -2.07. The monoisotopic (exact) mass is 413 g/mol. The van der Waals surface area contributed by atoms with Crippen LogP contribution in [0.15, 0.2) is 56.4 Å². The van der Waals surface area contributed by atoms with Crippen LogP contribution in [0.5, 0.6) is 0 Å². The van der Waals surface area contributed by atoms with Gasteiger partial charge in [0, 0.05) is 33.9 Å². The molecular formula is C18H12BrN3O4. The van der Waals surface area contributed by atoms with Gasteiger partial charge in [-0.15, -0.1) is 0 Å². The molecule has 0 spiro atoms. The van der Waals surface area contributed by atoms with E-state index in [1.807, 2.05) is 6.07 Å². The number of halogens is 1. The smallest absolute Gasteiger partial charge is 0.344 e. The highest BCUT2D eigenvalue weighted by Gasteiger charge is 2.20. The van der Waals surface area contributed by atoms with Gasteiger partial charge in [-0.1, -0.05) is 15.9 Å². The third kappa shape index (κ3) is 2.88. The average molecular weight is 414 g/mol. The van der Waals surface area contributed by atoms with E-state index in [2.05, 4.69) is 26.0 Å². The Hall–Kier alpha value is -3.00. The summed E-state index contributed by atoms with van der Waals surface area (Å²) in [7, 11) is 0. The molecule has 0 unspecified atom stereocenters. The van der Waals surface area contributed by atoms with Crippen LogP contribution in [0.25, 0.3) is 16.6 Å². The molecule has 7 nitrogen and oxygen atoms in total. The fraction of sp³-hybridized carbons (Fsp3) is 0.111. The number of hydrogen-bond donors (Lipinski definition) is 0. The van der Waals surface area contributed by atoms with Crippen molar-refractivity contribution in [2.75, 3.05) is 0 Å². The quantitative estimate of drug-likeness (QED) is 0.378.